The maximum atomic E-state index is 14.1. The van der Waals surface area contributed by atoms with E-state index in [1.54, 1.807) is 24.3 Å². The molecule has 2 aromatic carbocycles. The molecule has 2 aromatic rings. The molecule has 0 aliphatic rings. The molecule has 72 heavy (non-hydrogen) atoms. The quantitative estimate of drug-likeness (QED) is 0.0367. The molecular weight excluding hydrogens is 897 g/mol. The van der Waals surface area contributed by atoms with E-state index >= 15 is 0 Å². The summed E-state index contributed by atoms with van der Waals surface area (Å²) in [4.78, 5) is 55.1. The molecule has 0 fully saturated rings. The fourth-order valence-electron chi connectivity index (χ4n) is 9.49. The molecule has 0 heterocycles. The normalized spacial score (nSPS) is 11.2. The Kier molecular flexibility index (Phi) is 41.1. The van der Waals surface area contributed by atoms with Crippen LogP contribution in [0.1, 0.15) is 326 Å². The number of hydrogen-bond acceptors (Lipinski definition) is 8. The van der Waals surface area contributed by atoms with Crippen LogP contribution < -0.4 is 0 Å². The van der Waals surface area contributed by atoms with Gasteiger partial charge < -0.3 is 18.9 Å². The van der Waals surface area contributed by atoms with Gasteiger partial charge >= 0.3 is 23.9 Å². The molecular formula is C64H106O8. The number of ether oxygens (including phenoxy) is 4. The van der Waals surface area contributed by atoms with E-state index in [4.69, 9.17) is 18.9 Å². The average molecular weight is 1000 g/mol. The summed E-state index contributed by atoms with van der Waals surface area (Å²) in [5, 5.41) is 0. The van der Waals surface area contributed by atoms with Crippen LogP contribution in [0.15, 0.2) is 36.4 Å². The molecule has 8 heteroatoms. The van der Waals surface area contributed by atoms with Crippen molar-refractivity contribution in [3.05, 3.63) is 58.7 Å². The van der Waals surface area contributed by atoms with Crippen LogP contribution in [0, 0.1) is 0 Å². The topological polar surface area (TPSA) is 105 Å². The first-order chi connectivity index (χ1) is 35.4. The molecule has 0 bridgehead atoms. The van der Waals surface area contributed by atoms with Gasteiger partial charge in [-0.3, -0.25) is 0 Å². The highest BCUT2D eigenvalue weighted by Crippen LogP contribution is 2.31. The summed E-state index contributed by atoms with van der Waals surface area (Å²) in [6.07, 6.45) is 47.0. The van der Waals surface area contributed by atoms with E-state index in [2.05, 4.69) is 27.7 Å². The molecule has 410 valence electrons. The Balaban J connectivity index is 2.23. The Morgan fingerprint density at radius 3 is 0.681 bits per heavy atom. The molecule has 0 aliphatic carbocycles. The monoisotopic (exact) mass is 1000 g/mol. The van der Waals surface area contributed by atoms with Gasteiger partial charge in [-0.1, -0.05) is 271 Å². The molecule has 0 radical (unpaired) electrons. The zero-order valence-corrected chi connectivity index (χ0v) is 46.8. The second-order valence-electron chi connectivity index (χ2n) is 20.8. The van der Waals surface area contributed by atoms with Crippen molar-refractivity contribution < 1.29 is 38.1 Å². The van der Waals surface area contributed by atoms with Crippen molar-refractivity contribution in [2.24, 2.45) is 0 Å². The molecule has 0 N–H and O–H groups in total. The van der Waals surface area contributed by atoms with Crippen LogP contribution in [0.2, 0.25) is 0 Å². The van der Waals surface area contributed by atoms with E-state index < -0.39 is 23.9 Å². The summed E-state index contributed by atoms with van der Waals surface area (Å²) in [5.74, 6) is -2.15. The summed E-state index contributed by atoms with van der Waals surface area (Å²) < 4.78 is 23.3. The van der Waals surface area contributed by atoms with E-state index in [9.17, 15) is 19.2 Å². The largest absolute Gasteiger partial charge is 0.462 e. The standard InChI is InChI=1S/C64H106O8/c1-5-9-13-17-21-25-29-33-37-41-49-69-61(65)55-45-47-57(59(53-55)63(67)71-51-43-39-35-31-27-23-19-15-11-7-3)58-48-46-56(62(66)70-50-42-38-34-30-26-22-18-14-10-6-2)54-60(58)64(68)72-52-44-40-36-32-28-24-20-16-12-8-4/h45-48,53-54H,5-44,49-52H2,1-4H3. The second kappa shape index (κ2) is 45.9. The van der Waals surface area contributed by atoms with Gasteiger partial charge in [0.15, 0.2) is 0 Å². The summed E-state index contributed by atoms with van der Waals surface area (Å²) in [6, 6.07) is 9.72. The highest BCUT2D eigenvalue weighted by atomic mass is 16.5. The number of rotatable bonds is 49. The van der Waals surface area contributed by atoms with Crippen LogP contribution in [0.5, 0.6) is 0 Å². The summed E-state index contributed by atoms with van der Waals surface area (Å²) >= 11 is 0. The number of hydrogen-bond donors (Lipinski definition) is 0. The van der Waals surface area contributed by atoms with E-state index in [0.29, 0.717) is 24.3 Å². The van der Waals surface area contributed by atoms with Crippen LogP contribution in [0.25, 0.3) is 11.1 Å². The molecule has 0 saturated carbocycles. The molecule has 0 atom stereocenters. The van der Waals surface area contributed by atoms with Crippen molar-refractivity contribution in [1.82, 2.24) is 0 Å². The van der Waals surface area contributed by atoms with Crippen LogP contribution in [0.3, 0.4) is 0 Å². The zero-order chi connectivity index (χ0) is 52.0. The maximum Gasteiger partial charge on any atom is 0.338 e. The Labute approximate surface area is 441 Å². The fraction of sp³-hybridized carbons (Fsp3) is 0.750. The highest BCUT2D eigenvalue weighted by Gasteiger charge is 2.24. The molecule has 0 aliphatic heterocycles. The molecule has 0 unspecified atom stereocenters. The van der Waals surface area contributed by atoms with E-state index in [0.717, 1.165) is 77.0 Å². The van der Waals surface area contributed by atoms with Gasteiger partial charge in [-0.15, -0.1) is 0 Å². The number of carbonyl (C=O) groups excluding carboxylic acids is 4. The van der Waals surface area contributed by atoms with Crippen molar-refractivity contribution in [3.63, 3.8) is 0 Å². The Morgan fingerprint density at radius 1 is 0.264 bits per heavy atom. The van der Waals surface area contributed by atoms with E-state index in [1.807, 2.05) is 0 Å². The first kappa shape index (κ1) is 64.4. The SMILES string of the molecule is CCCCCCCCCCCCOC(=O)c1ccc(-c2ccc(C(=O)OCCCCCCCCCCCC)cc2C(=O)OCCCCCCCCCCCC)c(C(=O)OCCCCCCCCCCCC)c1. The van der Waals surface area contributed by atoms with Gasteiger partial charge in [0.2, 0.25) is 0 Å². The molecule has 2 rings (SSSR count). The zero-order valence-electron chi connectivity index (χ0n) is 46.8. The van der Waals surface area contributed by atoms with Crippen LogP contribution in [0.4, 0.5) is 0 Å². The molecule has 0 spiro atoms. The Bertz CT molecular complexity index is 1550. The lowest BCUT2D eigenvalue weighted by molar-refractivity contribution is 0.0476. The number of unbranched alkanes of at least 4 members (excludes halogenated alkanes) is 36. The van der Waals surface area contributed by atoms with E-state index in [1.165, 1.54) is 192 Å². The third-order valence-corrected chi connectivity index (χ3v) is 14.2. The van der Waals surface area contributed by atoms with Crippen molar-refractivity contribution in [2.75, 3.05) is 26.4 Å². The average Bonchev–Trinajstić information content (AvgIpc) is 3.39. The second-order valence-corrected chi connectivity index (χ2v) is 20.8. The van der Waals surface area contributed by atoms with Gasteiger partial charge in [0, 0.05) is 0 Å². The predicted octanol–water partition coefficient (Wildman–Crippen LogP) is 19.7. The van der Waals surface area contributed by atoms with E-state index in [-0.39, 0.29) is 35.5 Å². The predicted molar refractivity (Wildman–Crippen MR) is 300 cm³/mol. The smallest absolute Gasteiger partial charge is 0.338 e. The first-order valence-corrected chi connectivity index (χ1v) is 30.3. The van der Waals surface area contributed by atoms with Crippen molar-refractivity contribution in [1.29, 1.82) is 0 Å². The van der Waals surface area contributed by atoms with Gasteiger partial charge in [0.1, 0.15) is 0 Å². The molecule has 0 saturated heterocycles. The highest BCUT2D eigenvalue weighted by molar-refractivity contribution is 6.06. The third kappa shape index (κ3) is 31.8. The fourth-order valence-corrected chi connectivity index (χ4v) is 9.49. The summed E-state index contributed by atoms with van der Waals surface area (Å²) in [7, 11) is 0. The van der Waals surface area contributed by atoms with Crippen molar-refractivity contribution >= 4 is 23.9 Å². The lowest BCUT2D eigenvalue weighted by Gasteiger charge is -2.16. The Hall–Kier alpha value is -3.68. The Morgan fingerprint density at radius 2 is 0.458 bits per heavy atom. The van der Waals surface area contributed by atoms with Gasteiger partial charge in [-0.25, -0.2) is 19.2 Å². The first-order valence-electron chi connectivity index (χ1n) is 30.3. The lowest BCUT2D eigenvalue weighted by Crippen LogP contribution is -2.14. The van der Waals surface area contributed by atoms with Gasteiger partial charge in [0.25, 0.3) is 0 Å². The maximum absolute atomic E-state index is 14.1. The summed E-state index contributed by atoms with van der Waals surface area (Å²) in [6.45, 7) is 10.1. The van der Waals surface area contributed by atoms with Crippen LogP contribution >= 0.6 is 0 Å². The number of benzene rings is 2. The van der Waals surface area contributed by atoms with Crippen molar-refractivity contribution in [2.45, 2.75) is 285 Å². The van der Waals surface area contributed by atoms with Crippen LogP contribution in [-0.4, -0.2) is 50.3 Å². The number of carbonyl (C=O) groups is 4. The third-order valence-electron chi connectivity index (χ3n) is 14.2. The van der Waals surface area contributed by atoms with Gasteiger partial charge in [0.05, 0.1) is 48.7 Å². The van der Waals surface area contributed by atoms with Crippen molar-refractivity contribution in [3.8, 4) is 11.1 Å². The minimum absolute atomic E-state index is 0.162. The minimum atomic E-state index is -0.574. The summed E-state index contributed by atoms with van der Waals surface area (Å²) in [5.41, 5.74) is 1.66. The molecule has 0 aromatic heterocycles. The number of esters is 4. The van der Waals surface area contributed by atoms with Gasteiger partial charge in [-0.05, 0) is 61.1 Å². The van der Waals surface area contributed by atoms with Gasteiger partial charge in [-0.2, -0.15) is 0 Å². The molecule has 8 nitrogen and oxygen atoms in total. The molecule has 0 amide bonds. The minimum Gasteiger partial charge on any atom is -0.462 e. The van der Waals surface area contributed by atoms with Crippen LogP contribution in [-0.2, 0) is 18.9 Å². The lowest BCUT2D eigenvalue weighted by atomic mass is 9.92.